The molecule has 0 aliphatic heterocycles. The number of alkyl halides is 3. The Hall–Kier alpha value is -2.50. The first kappa shape index (κ1) is 21.2. The van der Waals surface area contributed by atoms with Crippen LogP contribution in [0.2, 0.25) is 0 Å². The third kappa shape index (κ3) is 4.74. The molecule has 0 radical (unpaired) electrons. The number of rotatable bonds is 6. The zero-order valence-electron chi connectivity index (χ0n) is 15.6. The van der Waals surface area contributed by atoms with Crippen LogP contribution in [0.25, 0.3) is 5.82 Å². The smallest absolute Gasteiger partial charge is 0.369 e. The molecule has 1 N–H and O–H groups in total. The van der Waals surface area contributed by atoms with Gasteiger partial charge in [-0.15, -0.1) is 10.2 Å². The minimum Gasteiger partial charge on any atom is -0.369 e. The Labute approximate surface area is 165 Å². The standard InChI is InChI=1S/C17H20F3N5O3S/c1-29(27,28)14-8-7-13(22-23-14)25-16(21-9-11-5-3-2-4-6-11)12(10-26)15(24-25)17(18,19)20/h7-8,10-11,21H,2-6,9H2,1H3. The molecule has 0 amide bonds. The number of carbonyl (C=O) groups excluding carboxylic acids is 1. The highest BCUT2D eigenvalue weighted by atomic mass is 32.2. The number of halogens is 3. The third-order valence-electron chi connectivity index (χ3n) is 4.81. The van der Waals surface area contributed by atoms with Crippen molar-refractivity contribution in [2.45, 2.75) is 43.3 Å². The van der Waals surface area contributed by atoms with Gasteiger partial charge in [0.1, 0.15) is 5.82 Å². The lowest BCUT2D eigenvalue weighted by Crippen LogP contribution is -2.19. The van der Waals surface area contributed by atoms with Crippen molar-refractivity contribution in [3.8, 4) is 5.82 Å². The lowest BCUT2D eigenvalue weighted by Gasteiger charge is -2.22. The van der Waals surface area contributed by atoms with Crippen molar-refractivity contribution in [1.82, 2.24) is 20.0 Å². The maximum atomic E-state index is 13.4. The van der Waals surface area contributed by atoms with Crippen molar-refractivity contribution in [2.75, 3.05) is 18.1 Å². The zero-order chi connectivity index (χ0) is 21.2. The van der Waals surface area contributed by atoms with E-state index in [2.05, 4.69) is 20.6 Å². The summed E-state index contributed by atoms with van der Waals surface area (Å²) < 4.78 is 64.0. The molecule has 0 unspecified atom stereocenters. The normalized spacial score (nSPS) is 16.0. The molecule has 1 aliphatic rings. The van der Waals surface area contributed by atoms with Crippen LogP contribution in [-0.2, 0) is 16.0 Å². The second-order valence-corrected chi connectivity index (χ2v) is 8.99. The molecule has 0 atom stereocenters. The SMILES string of the molecule is CS(=O)(=O)c1ccc(-n2nc(C(F)(F)F)c(C=O)c2NCC2CCCCC2)nn1. The number of nitrogens with zero attached hydrogens (tertiary/aromatic N) is 4. The third-order valence-corrected chi connectivity index (χ3v) is 5.79. The minimum absolute atomic E-state index is 0.105. The summed E-state index contributed by atoms with van der Waals surface area (Å²) in [6.45, 7) is 0.388. The van der Waals surface area contributed by atoms with E-state index < -0.39 is 27.3 Å². The van der Waals surface area contributed by atoms with Gasteiger partial charge in [-0.1, -0.05) is 19.3 Å². The maximum absolute atomic E-state index is 13.4. The van der Waals surface area contributed by atoms with Gasteiger partial charge in [-0.25, -0.2) is 8.42 Å². The average Bonchev–Trinajstić information content (AvgIpc) is 3.05. The molecule has 0 saturated heterocycles. The highest BCUT2D eigenvalue weighted by Crippen LogP contribution is 2.35. The van der Waals surface area contributed by atoms with Gasteiger partial charge in [-0.2, -0.15) is 23.0 Å². The molecule has 0 bridgehead atoms. The van der Waals surface area contributed by atoms with Gasteiger partial charge in [0.25, 0.3) is 0 Å². The van der Waals surface area contributed by atoms with Gasteiger partial charge in [-0.05, 0) is 30.9 Å². The molecule has 12 heteroatoms. The van der Waals surface area contributed by atoms with E-state index in [-0.39, 0.29) is 28.9 Å². The summed E-state index contributed by atoms with van der Waals surface area (Å²) in [7, 11) is -3.62. The minimum atomic E-state index is -4.84. The molecule has 2 heterocycles. The zero-order valence-corrected chi connectivity index (χ0v) is 16.4. The number of hydrogen-bond donors (Lipinski definition) is 1. The lowest BCUT2D eigenvalue weighted by atomic mass is 9.89. The number of anilines is 1. The largest absolute Gasteiger partial charge is 0.435 e. The van der Waals surface area contributed by atoms with E-state index in [1.54, 1.807) is 0 Å². The van der Waals surface area contributed by atoms with E-state index in [1.165, 1.54) is 6.07 Å². The van der Waals surface area contributed by atoms with E-state index in [1.807, 2.05) is 0 Å². The summed E-state index contributed by atoms with van der Waals surface area (Å²) in [4.78, 5) is 11.5. The topological polar surface area (TPSA) is 107 Å². The molecular weight excluding hydrogens is 411 g/mol. The Balaban J connectivity index is 2.02. The lowest BCUT2D eigenvalue weighted by molar-refractivity contribution is -0.141. The van der Waals surface area contributed by atoms with Gasteiger partial charge in [-0.3, -0.25) is 4.79 Å². The van der Waals surface area contributed by atoms with Crippen molar-refractivity contribution in [3.63, 3.8) is 0 Å². The van der Waals surface area contributed by atoms with Gasteiger partial charge in [0.05, 0.1) is 5.56 Å². The summed E-state index contributed by atoms with van der Waals surface area (Å²) in [6, 6.07) is 2.31. The first-order chi connectivity index (χ1) is 13.6. The van der Waals surface area contributed by atoms with E-state index in [9.17, 15) is 26.4 Å². The monoisotopic (exact) mass is 431 g/mol. The summed E-state index contributed by atoms with van der Waals surface area (Å²) in [5, 5.41) is 13.4. The van der Waals surface area contributed by atoms with Crippen LogP contribution in [0.5, 0.6) is 0 Å². The van der Waals surface area contributed by atoms with Gasteiger partial charge in [0, 0.05) is 12.8 Å². The second-order valence-electron chi connectivity index (χ2n) is 7.03. The number of sulfone groups is 1. The Morgan fingerprint density at radius 2 is 1.90 bits per heavy atom. The van der Waals surface area contributed by atoms with Crippen LogP contribution in [0.4, 0.5) is 19.0 Å². The number of nitrogens with one attached hydrogen (secondary N) is 1. The first-order valence-corrected chi connectivity index (χ1v) is 10.9. The van der Waals surface area contributed by atoms with Gasteiger partial charge < -0.3 is 5.32 Å². The number of aldehydes is 1. The molecule has 1 saturated carbocycles. The molecule has 1 aliphatic carbocycles. The fourth-order valence-corrected chi connectivity index (χ4v) is 3.85. The molecular formula is C17H20F3N5O3S. The van der Waals surface area contributed by atoms with Crippen LogP contribution in [0.3, 0.4) is 0 Å². The number of hydrogen-bond acceptors (Lipinski definition) is 7. The van der Waals surface area contributed by atoms with Crippen LogP contribution < -0.4 is 5.32 Å². The summed E-state index contributed by atoms with van der Waals surface area (Å²) in [5.41, 5.74) is -1.96. The Bertz CT molecular complexity index is 981. The molecule has 2 aromatic rings. The number of carbonyl (C=O) groups is 1. The fourth-order valence-electron chi connectivity index (χ4n) is 3.34. The molecule has 0 spiro atoms. The Morgan fingerprint density at radius 1 is 1.21 bits per heavy atom. The van der Waals surface area contributed by atoms with E-state index in [4.69, 9.17) is 0 Å². The van der Waals surface area contributed by atoms with Crippen molar-refractivity contribution in [1.29, 1.82) is 0 Å². The van der Waals surface area contributed by atoms with E-state index in [0.29, 0.717) is 6.54 Å². The molecule has 2 aromatic heterocycles. The predicted octanol–water partition coefficient (Wildman–Crippen LogP) is 2.89. The highest BCUT2D eigenvalue weighted by Gasteiger charge is 2.40. The quantitative estimate of drug-likeness (QED) is 0.701. The highest BCUT2D eigenvalue weighted by molar-refractivity contribution is 7.90. The molecule has 3 rings (SSSR count). The van der Waals surface area contributed by atoms with Crippen LogP contribution in [-0.4, -0.2) is 47.5 Å². The predicted molar refractivity (Wildman–Crippen MR) is 97.7 cm³/mol. The molecule has 29 heavy (non-hydrogen) atoms. The maximum Gasteiger partial charge on any atom is 0.435 e. The average molecular weight is 431 g/mol. The van der Waals surface area contributed by atoms with Gasteiger partial charge in [0.15, 0.2) is 32.7 Å². The molecule has 1 fully saturated rings. The summed E-state index contributed by atoms with van der Waals surface area (Å²) in [5.74, 6) is 0.00100. The van der Waals surface area contributed by atoms with Crippen molar-refractivity contribution in [3.05, 3.63) is 23.4 Å². The molecule has 8 nitrogen and oxygen atoms in total. The van der Waals surface area contributed by atoms with Crippen molar-refractivity contribution in [2.24, 2.45) is 5.92 Å². The Morgan fingerprint density at radius 3 is 2.41 bits per heavy atom. The van der Waals surface area contributed by atoms with Gasteiger partial charge >= 0.3 is 6.18 Å². The molecule has 158 valence electrons. The van der Waals surface area contributed by atoms with E-state index in [0.717, 1.165) is 49.1 Å². The summed E-state index contributed by atoms with van der Waals surface area (Å²) >= 11 is 0. The Kier molecular flexibility index (Phi) is 5.92. The van der Waals surface area contributed by atoms with Gasteiger partial charge in [0.2, 0.25) is 0 Å². The van der Waals surface area contributed by atoms with Crippen LogP contribution in [0, 0.1) is 5.92 Å². The van der Waals surface area contributed by atoms with Crippen LogP contribution in [0.1, 0.15) is 48.2 Å². The van der Waals surface area contributed by atoms with E-state index >= 15 is 0 Å². The van der Waals surface area contributed by atoms with Crippen molar-refractivity contribution >= 4 is 21.9 Å². The molecule has 0 aromatic carbocycles. The summed E-state index contributed by atoms with van der Waals surface area (Å²) in [6.07, 6.45) is 1.34. The van der Waals surface area contributed by atoms with Crippen LogP contribution in [0.15, 0.2) is 17.2 Å². The fraction of sp³-hybridized carbons (Fsp3) is 0.529. The first-order valence-electron chi connectivity index (χ1n) is 9.04. The number of aromatic nitrogens is 4. The van der Waals surface area contributed by atoms with Crippen LogP contribution >= 0.6 is 0 Å². The van der Waals surface area contributed by atoms with Crippen molar-refractivity contribution < 1.29 is 26.4 Å². The second kappa shape index (κ2) is 8.09.